The van der Waals surface area contributed by atoms with Crippen molar-refractivity contribution in [2.24, 2.45) is 23.7 Å². The van der Waals surface area contributed by atoms with Crippen LogP contribution in [-0.2, 0) is 35.8 Å². The summed E-state index contributed by atoms with van der Waals surface area (Å²) < 4.78 is 152. The number of carbonyl (C=O) groups excluding carboxylic acids is 1. The molecule has 0 amide bonds. The molecule has 3 fully saturated rings. The van der Waals surface area contributed by atoms with Crippen LogP contribution in [0.25, 0.3) is 11.1 Å². The second-order valence-electron chi connectivity index (χ2n) is 13.4. The first-order valence-electron chi connectivity index (χ1n) is 16.3. The number of hydrogen-bond donors (Lipinski definition) is 0. The molecule has 0 radical (unpaired) electrons. The lowest BCUT2D eigenvalue weighted by Crippen LogP contribution is -2.64. The van der Waals surface area contributed by atoms with Gasteiger partial charge in [0, 0.05) is 35.5 Å². The quantitative estimate of drug-likeness (QED) is 0.112. The first-order valence-corrected chi connectivity index (χ1v) is 20.8. The zero-order valence-corrected chi connectivity index (χ0v) is 29.6. The van der Waals surface area contributed by atoms with E-state index in [4.69, 9.17) is 4.74 Å². The number of alkyl halides is 6. The SMILES string of the molecule is CC(CC1CN(S(=O)(=O)C(F)(F)C(F)(F)C(F)(F)S(=O)(=O)[O-])CC2CCCCC21)C(C(=O)c1ccc(-c2ccccc2)cc1)[S+]1CCOCC1. The number of nitrogens with zero attached hydrogens (tertiary/aromatic N) is 1. The average Bonchev–Trinajstić information content (AvgIpc) is 3.08. The Hall–Kier alpha value is -2.18. The zero-order valence-electron chi connectivity index (χ0n) is 27.2. The Morgan fingerprint density at radius 3 is 2.06 bits per heavy atom. The number of benzene rings is 2. The van der Waals surface area contributed by atoms with Gasteiger partial charge in [-0.05, 0) is 48.1 Å². The molecule has 17 heteroatoms. The van der Waals surface area contributed by atoms with Gasteiger partial charge in [-0.3, -0.25) is 4.79 Å². The maximum atomic E-state index is 15.1. The van der Waals surface area contributed by atoms with E-state index in [1.807, 2.05) is 49.4 Å². The van der Waals surface area contributed by atoms with Crippen molar-refractivity contribution in [3.05, 3.63) is 60.2 Å². The predicted molar refractivity (Wildman–Crippen MR) is 176 cm³/mol. The van der Waals surface area contributed by atoms with Crippen LogP contribution in [0, 0.1) is 23.7 Å². The monoisotopic (exact) mass is 771 g/mol. The van der Waals surface area contributed by atoms with Crippen LogP contribution in [0.4, 0.5) is 26.3 Å². The molecule has 278 valence electrons. The molecule has 3 aliphatic rings. The van der Waals surface area contributed by atoms with Crippen molar-refractivity contribution in [1.82, 2.24) is 4.31 Å². The second kappa shape index (κ2) is 14.7. The first-order chi connectivity index (χ1) is 23.3. The Kier molecular flexibility index (Phi) is 11.5. The van der Waals surface area contributed by atoms with E-state index in [1.54, 1.807) is 12.1 Å². The molecule has 5 atom stereocenters. The number of hydrogen-bond acceptors (Lipinski definition) is 7. The molecular weight excluding hydrogens is 733 g/mol. The topological polar surface area (TPSA) is 121 Å². The van der Waals surface area contributed by atoms with E-state index in [0.29, 0.717) is 49.5 Å². The number of fused-ring (bicyclic) bond motifs is 1. The summed E-state index contributed by atoms with van der Waals surface area (Å²) in [6.45, 7) is 1.30. The van der Waals surface area contributed by atoms with Gasteiger partial charge in [-0.1, -0.05) is 74.4 Å². The standard InChI is InChI=1S/C33H39F6NO7S3/c1-22(30(48-17-15-47-16-18-48)29(41)25-13-11-24(12-14-25)23-7-3-2-4-8-23)19-27-21-40(20-26-9-5-6-10-28(26)27)49(42,43)32(36,37)31(34,35)33(38,39)50(44,45)46/h2-4,7-8,11-14,22,26-28,30H,5-6,9-10,15-21H2,1H3. The van der Waals surface area contributed by atoms with Gasteiger partial charge in [0.05, 0.1) is 13.2 Å². The molecular formula is C33H39F6NO7S3. The number of Topliss-reactive ketones (excluding diaryl/α,β-unsaturated/α-hetero) is 1. The molecule has 5 rings (SSSR count). The Balaban J connectivity index is 1.43. The summed E-state index contributed by atoms with van der Waals surface area (Å²) in [7, 11) is -14.5. The van der Waals surface area contributed by atoms with Crippen molar-refractivity contribution in [1.29, 1.82) is 0 Å². The maximum Gasteiger partial charge on any atom is 0.428 e. The van der Waals surface area contributed by atoms with Crippen molar-refractivity contribution in [3.63, 3.8) is 0 Å². The van der Waals surface area contributed by atoms with Crippen molar-refractivity contribution in [3.8, 4) is 11.1 Å². The molecule has 1 saturated carbocycles. The van der Waals surface area contributed by atoms with Crippen molar-refractivity contribution < 1.29 is 57.3 Å². The summed E-state index contributed by atoms with van der Waals surface area (Å²) in [5.41, 5.74) is 2.32. The van der Waals surface area contributed by atoms with Gasteiger partial charge in [-0.25, -0.2) is 16.8 Å². The fourth-order valence-electron chi connectivity index (χ4n) is 7.66. The van der Waals surface area contributed by atoms with Crippen LogP contribution in [-0.4, -0.2) is 91.0 Å². The number of piperidine rings is 1. The first kappa shape index (κ1) is 39.0. The van der Waals surface area contributed by atoms with Crippen molar-refractivity contribution in [2.75, 3.05) is 37.8 Å². The van der Waals surface area contributed by atoms with Crippen molar-refractivity contribution in [2.45, 2.75) is 60.7 Å². The molecule has 0 bridgehead atoms. The lowest BCUT2D eigenvalue weighted by Gasteiger charge is -2.47. The van der Waals surface area contributed by atoms with Crippen LogP contribution in [0.1, 0.15) is 49.4 Å². The Morgan fingerprint density at radius 2 is 1.46 bits per heavy atom. The minimum Gasteiger partial charge on any atom is -0.743 e. The summed E-state index contributed by atoms with van der Waals surface area (Å²) in [6, 6.07) is 16.7. The maximum absolute atomic E-state index is 15.1. The lowest BCUT2D eigenvalue weighted by atomic mass is 9.68. The molecule has 5 unspecified atom stereocenters. The number of rotatable bonds is 12. The fourth-order valence-corrected chi connectivity index (χ4v) is 12.3. The normalized spacial score (nSPS) is 24.7. The average molecular weight is 772 g/mol. The summed E-state index contributed by atoms with van der Waals surface area (Å²) in [4.78, 5) is 14.2. The Bertz CT molecular complexity index is 1720. The third-order valence-corrected chi connectivity index (χ3v) is 15.8. The third kappa shape index (κ3) is 7.23. The van der Waals surface area contributed by atoms with E-state index in [9.17, 15) is 43.7 Å². The minimum atomic E-state index is -7.38. The molecule has 50 heavy (non-hydrogen) atoms. The molecule has 2 saturated heterocycles. The number of ketones is 1. The van der Waals surface area contributed by atoms with E-state index < -0.39 is 83.6 Å². The summed E-state index contributed by atoms with van der Waals surface area (Å²) in [5.74, 6) is -7.93. The number of ether oxygens (including phenoxy) is 1. The third-order valence-electron chi connectivity index (χ3n) is 10.2. The number of carbonyl (C=O) groups is 1. The van der Waals surface area contributed by atoms with Gasteiger partial charge in [0.1, 0.15) is 11.5 Å². The fraction of sp³-hybridized carbons (Fsp3) is 0.606. The van der Waals surface area contributed by atoms with Crippen LogP contribution < -0.4 is 0 Å². The largest absolute Gasteiger partial charge is 0.743 e. The van der Waals surface area contributed by atoms with Gasteiger partial charge in [-0.15, -0.1) is 0 Å². The van der Waals surface area contributed by atoms with Gasteiger partial charge in [-0.2, -0.15) is 30.6 Å². The smallest absolute Gasteiger partial charge is 0.428 e. The summed E-state index contributed by atoms with van der Waals surface area (Å²) in [6.07, 6.45) is 2.46. The molecule has 2 aliphatic heterocycles. The highest BCUT2D eigenvalue weighted by Crippen LogP contribution is 2.53. The van der Waals surface area contributed by atoms with E-state index in [0.717, 1.165) is 17.5 Å². The molecule has 2 heterocycles. The van der Waals surface area contributed by atoms with Crippen LogP contribution >= 0.6 is 0 Å². The minimum absolute atomic E-state index is 0.0498. The highest BCUT2D eigenvalue weighted by molar-refractivity contribution is 7.98. The van der Waals surface area contributed by atoms with Crippen LogP contribution in [0.15, 0.2) is 54.6 Å². The van der Waals surface area contributed by atoms with Gasteiger partial charge in [0.25, 0.3) is 10.0 Å². The van der Waals surface area contributed by atoms with Gasteiger partial charge in [0.2, 0.25) is 5.78 Å². The highest BCUT2D eigenvalue weighted by Gasteiger charge is 2.81. The predicted octanol–water partition coefficient (Wildman–Crippen LogP) is 6.01. The van der Waals surface area contributed by atoms with Crippen LogP contribution in [0.3, 0.4) is 0 Å². The van der Waals surface area contributed by atoms with Gasteiger partial charge in [0.15, 0.2) is 15.4 Å². The highest BCUT2D eigenvalue weighted by atomic mass is 32.2. The molecule has 2 aromatic carbocycles. The van der Waals surface area contributed by atoms with Crippen molar-refractivity contribution >= 4 is 36.8 Å². The molecule has 8 nitrogen and oxygen atoms in total. The van der Waals surface area contributed by atoms with E-state index in [2.05, 4.69) is 0 Å². The summed E-state index contributed by atoms with van der Waals surface area (Å²) >= 11 is 0. The van der Waals surface area contributed by atoms with E-state index in [-0.39, 0.29) is 22.4 Å². The molecule has 1 aliphatic carbocycles. The van der Waals surface area contributed by atoms with E-state index in [1.165, 1.54) is 0 Å². The van der Waals surface area contributed by atoms with Gasteiger partial charge >= 0.3 is 16.4 Å². The van der Waals surface area contributed by atoms with Crippen LogP contribution in [0.5, 0.6) is 0 Å². The lowest BCUT2D eigenvalue weighted by molar-refractivity contribution is -0.247. The molecule has 0 N–H and O–H groups in total. The Morgan fingerprint density at radius 1 is 0.880 bits per heavy atom. The number of sulfonamides is 1. The van der Waals surface area contributed by atoms with Crippen LogP contribution in [0.2, 0.25) is 0 Å². The van der Waals surface area contributed by atoms with Gasteiger partial charge < -0.3 is 9.29 Å². The summed E-state index contributed by atoms with van der Waals surface area (Å²) in [5, 5.41) is -14.1. The molecule has 0 aromatic heterocycles. The number of halogens is 6. The second-order valence-corrected chi connectivity index (χ2v) is 19.2. The zero-order chi connectivity index (χ0) is 36.7. The molecule has 0 spiro atoms. The molecule has 2 aromatic rings. The Labute approximate surface area is 291 Å². The van der Waals surface area contributed by atoms with E-state index >= 15 is 8.78 Å².